The van der Waals surface area contributed by atoms with E-state index in [4.69, 9.17) is 10.7 Å². The Kier molecular flexibility index (Phi) is 6.84. The van der Waals surface area contributed by atoms with Crippen LogP contribution in [-0.4, -0.2) is 9.55 Å². The topological polar surface area (TPSA) is 43.8 Å². The van der Waals surface area contributed by atoms with Crippen LogP contribution in [0.1, 0.15) is 45.6 Å². The van der Waals surface area contributed by atoms with Gasteiger partial charge in [0.15, 0.2) is 0 Å². The van der Waals surface area contributed by atoms with Crippen molar-refractivity contribution in [2.45, 2.75) is 39.8 Å². The highest BCUT2D eigenvalue weighted by Gasteiger charge is 2.20. The molecule has 0 amide bonds. The number of halogens is 2. The molecule has 0 saturated heterocycles. The third-order valence-electron chi connectivity index (χ3n) is 3.16. The summed E-state index contributed by atoms with van der Waals surface area (Å²) in [7, 11) is 0. The minimum atomic E-state index is -0.00944. The molecule has 1 atom stereocenters. The number of nitrogens with two attached hydrogens (primary N) is 1. The van der Waals surface area contributed by atoms with Crippen molar-refractivity contribution in [3.8, 4) is 0 Å². The number of benzene rings is 1. The first-order valence-corrected chi connectivity index (χ1v) is 6.24. The summed E-state index contributed by atoms with van der Waals surface area (Å²) in [6.45, 7) is 8.61. The smallest absolute Gasteiger partial charge is 0.127 e. The van der Waals surface area contributed by atoms with Crippen molar-refractivity contribution >= 4 is 35.8 Å². The number of rotatable bonds is 3. The van der Waals surface area contributed by atoms with Crippen molar-refractivity contribution in [3.05, 3.63) is 30.1 Å². The SMILES string of the molecule is CC(C)C(N)c1nc2ccccc2n1C(C)C.Cl.Cl. The Morgan fingerprint density at radius 2 is 1.63 bits per heavy atom. The molecule has 0 fully saturated rings. The van der Waals surface area contributed by atoms with Crippen molar-refractivity contribution < 1.29 is 0 Å². The summed E-state index contributed by atoms with van der Waals surface area (Å²) in [5.74, 6) is 1.39. The van der Waals surface area contributed by atoms with Gasteiger partial charge in [0.2, 0.25) is 0 Å². The number of imidazole rings is 1. The van der Waals surface area contributed by atoms with Crippen LogP contribution in [0.5, 0.6) is 0 Å². The zero-order chi connectivity index (χ0) is 12.6. The first-order valence-electron chi connectivity index (χ1n) is 6.24. The van der Waals surface area contributed by atoms with E-state index in [9.17, 15) is 0 Å². The molecule has 1 aromatic heterocycles. The van der Waals surface area contributed by atoms with Crippen LogP contribution >= 0.6 is 24.8 Å². The highest BCUT2D eigenvalue weighted by atomic mass is 35.5. The first-order chi connectivity index (χ1) is 8.02. The van der Waals surface area contributed by atoms with E-state index in [-0.39, 0.29) is 30.9 Å². The monoisotopic (exact) mass is 303 g/mol. The average Bonchev–Trinajstić information content (AvgIpc) is 2.66. The minimum Gasteiger partial charge on any atom is -0.324 e. The van der Waals surface area contributed by atoms with E-state index in [0.29, 0.717) is 12.0 Å². The number of aromatic nitrogens is 2. The van der Waals surface area contributed by atoms with Gasteiger partial charge in [-0.3, -0.25) is 0 Å². The predicted octanol–water partition coefficient (Wildman–Crippen LogP) is 4.12. The lowest BCUT2D eigenvalue weighted by Gasteiger charge is -2.19. The maximum atomic E-state index is 6.26. The second kappa shape index (κ2) is 7.13. The summed E-state index contributed by atoms with van der Waals surface area (Å²) in [5.41, 5.74) is 8.47. The summed E-state index contributed by atoms with van der Waals surface area (Å²) in [6, 6.07) is 8.59. The Bertz CT molecular complexity index is 520. The molecule has 0 aliphatic rings. The molecular weight excluding hydrogens is 281 g/mol. The molecule has 0 radical (unpaired) electrons. The number of para-hydroxylation sites is 2. The van der Waals surface area contributed by atoms with E-state index in [0.717, 1.165) is 11.3 Å². The molecule has 2 N–H and O–H groups in total. The van der Waals surface area contributed by atoms with Crippen LogP contribution in [0.2, 0.25) is 0 Å². The number of fused-ring (bicyclic) bond motifs is 1. The van der Waals surface area contributed by atoms with Crippen molar-refractivity contribution in [2.75, 3.05) is 0 Å². The summed E-state index contributed by atoms with van der Waals surface area (Å²) in [5, 5.41) is 0. The molecule has 0 bridgehead atoms. The second-order valence-corrected chi connectivity index (χ2v) is 5.19. The molecule has 0 spiro atoms. The highest BCUT2D eigenvalue weighted by molar-refractivity contribution is 5.85. The van der Waals surface area contributed by atoms with Gasteiger partial charge in [-0.05, 0) is 31.9 Å². The fraction of sp³-hybridized carbons (Fsp3) is 0.500. The van der Waals surface area contributed by atoms with Gasteiger partial charge in [-0.1, -0.05) is 26.0 Å². The largest absolute Gasteiger partial charge is 0.324 e. The van der Waals surface area contributed by atoms with Crippen LogP contribution in [0.15, 0.2) is 24.3 Å². The van der Waals surface area contributed by atoms with Gasteiger partial charge in [-0.15, -0.1) is 24.8 Å². The maximum Gasteiger partial charge on any atom is 0.127 e. The third-order valence-corrected chi connectivity index (χ3v) is 3.16. The molecule has 1 aromatic carbocycles. The van der Waals surface area contributed by atoms with Gasteiger partial charge in [0.25, 0.3) is 0 Å². The van der Waals surface area contributed by atoms with Crippen LogP contribution in [0.25, 0.3) is 11.0 Å². The van der Waals surface area contributed by atoms with Crippen LogP contribution in [0.3, 0.4) is 0 Å². The summed E-state index contributed by atoms with van der Waals surface area (Å²) < 4.78 is 2.25. The molecule has 19 heavy (non-hydrogen) atoms. The Hall–Kier alpha value is -0.770. The highest BCUT2D eigenvalue weighted by Crippen LogP contribution is 2.26. The second-order valence-electron chi connectivity index (χ2n) is 5.19. The molecule has 0 saturated carbocycles. The minimum absolute atomic E-state index is 0. The van der Waals surface area contributed by atoms with Crippen molar-refractivity contribution in [3.63, 3.8) is 0 Å². The van der Waals surface area contributed by atoms with Crippen molar-refractivity contribution in [1.82, 2.24) is 9.55 Å². The quantitative estimate of drug-likeness (QED) is 0.927. The lowest BCUT2D eigenvalue weighted by atomic mass is 10.0. The number of hydrogen-bond donors (Lipinski definition) is 1. The Labute approximate surface area is 127 Å². The molecule has 0 aliphatic heterocycles. The average molecular weight is 304 g/mol. The van der Waals surface area contributed by atoms with Crippen molar-refractivity contribution in [1.29, 1.82) is 0 Å². The molecule has 108 valence electrons. The predicted molar refractivity (Wildman–Crippen MR) is 86.4 cm³/mol. The lowest BCUT2D eigenvalue weighted by Crippen LogP contribution is -2.22. The fourth-order valence-electron chi connectivity index (χ4n) is 2.14. The van der Waals surface area contributed by atoms with Gasteiger partial charge < -0.3 is 10.3 Å². The van der Waals surface area contributed by atoms with Gasteiger partial charge in [-0.25, -0.2) is 4.98 Å². The Balaban J connectivity index is 0.00000162. The molecule has 3 nitrogen and oxygen atoms in total. The standard InChI is InChI=1S/C14H21N3.2ClH/c1-9(2)13(15)14-16-11-7-5-6-8-12(11)17(14)10(3)4;;/h5-10,13H,15H2,1-4H3;2*1H. The van der Waals surface area contributed by atoms with E-state index in [1.54, 1.807) is 0 Å². The van der Waals surface area contributed by atoms with E-state index in [2.05, 4.69) is 38.3 Å². The first kappa shape index (κ1) is 18.2. The number of hydrogen-bond acceptors (Lipinski definition) is 2. The molecule has 2 aromatic rings. The lowest BCUT2D eigenvalue weighted by molar-refractivity contribution is 0.453. The normalized spacial score (nSPS) is 12.4. The van der Waals surface area contributed by atoms with Gasteiger partial charge in [-0.2, -0.15) is 0 Å². The molecule has 1 unspecified atom stereocenters. The zero-order valence-corrected chi connectivity index (χ0v) is 13.5. The van der Waals surface area contributed by atoms with Crippen LogP contribution in [0.4, 0.5) is 0 Å². The summed E-state index contributed by atoms with van der Waals surface area (Å²) >= 11 is 0. The zero-order valence-electron chi connectivity index (χ0n) is 11.8. The number of nitrogens with zero attached hydrogens (tertiary/aromatic N) is 2. The molecular formula is C14H23Cl2N3. The molecule has 2 rings (SSSR count). The van der Waals surface area contributed by atoms with Gasteiger partial charge in [0.1, 0.15) is 5.82 Å². The van der Waals surface area contributed by atoms with E-state index in [1.807, 2.05) is 18.2 Å². The van der Waals surface area contributed by atoms with Crippen molar-refractivity contribution in [2.24, 2.45) is 11.7 Å². The summed E-state index contributed by atoms with van der Waals surface area (Å²) in [4.78, 5) is 4.69. The van der Waals surface area contributed by atoms with Gasteiger partial charge >= 0.3 is 0 Å². The van der Waals surface area contributed by atoms with Gasteiger partial charge in [0, 0.05) is 6.04 Å². The van der Waals surface area contributed by atoms with Crippen LogP contribution in [-0.2, 0) is 0 Å². The molecule has 1 heterocycles. The fourth-order valence-corrected chi connectivity index (χ4v) is 2.14. The maximum absolute atomic E-state index is 6.26. The Morgan fingerprint density at radius 3 is 2.16 bits per heavy atom. The van der Waals surface area contributed by atoms with Crippen LogP contribution in [0, 0.1) is 5.92 Å². The molecule has 5 heteroatoms. The Morgan fingerprint density at radius 1 is 1.05 bits per heavy atom. The van der Waals surface area contributed by atoms with Crippen LogP contribution < -0.4 is 5.73 Å². The van der Waals surface area contributed by atoms with E-state index in [1.165, 1.54) is 5.52 Å². The summed E-state index contributed by atoms with van der Waals surface area (Å²) in [6.07, 6.45) is 0. The van der Waals surface area contributed by atoms with E-state index < -0.39 is 0 Å². The van der Waals surface area contributed by atoms with E-state index >= 15 is 0 Å². The third kappa shape index (κ3) is 3.41. The molecule has 0 aliphatic carbocycles. The van der Waals surface area contributed by atoms with Gasteiger partial charge in [0.05, 0.1) is 17.1 Å².